The van der Waals surface area contributed by atoms with Crippen LogP contribution in [0.25, 0.3) is 0 Å². The lowest BCUT2D eigenvalue weighted by atomic mass is 9.75. The average molecular weight is 288 g/mol. The number of nitrogens with two attached hydrogens (primary N) is 1. The second-order valence-corrected chi connectivity index (χ2v) is 7.94. The minimum atomic E-state index is 0.220. The van der Waals surface area contributed by atoms with Gasteiger partial charge in [-0.1, -0.05) is 38.5 Å². The minimum absolute atomic E-state index is 0.220. The molecule has 1 unspecified atom stereocenters. The summed E-state index contributed by atoms with van der Waals surface area (Å²) in [5, 5.41) is 0. The van der Waals surface area contributed by atoms with Gasteiger partial charge in [0.15, 0.2) is 0 Å². The van der Waals surface area contributed by atoms with Crippen LogP contribution in [0.4, 0.5) is 5.69 Å². The highest BCUT2D eigenvalue weighted by Crippen LogP contribution is 2.36. The summed E-state index contributed by atoms with van der Waals surface area (Å²) in [6.07, 6.45) is 3.57. The van der Waals surface area contributed by atoms with Gasteiger partial charge in [-0.3, -0.25) is 0 Å². The van der Waals surface area contributed by atoms with Crippen LogP contribution in [0.3, 0.4) is 0 Å². The zero-order valence-electron chi connectivity index (χ0n) is 14.4. The standard InChI is InChI=1S/C19H32N2/c1-14-6-7-18(16(12-14)13-15(2)20)21-10-8-17(9-11-21)19(3,4)5/h6-7,12,15,17H,8-11,13,20H2,1-5H3. The van der Waals surface area contributed by atoms with Crippen LogP contribution in [0.1, 0.15) is 51.7 Å². The van der Waals surface area contributed by atoms with Crippen molar-refractivity contribution in [2.45, 2.75) is 59.9 Å². The molecule has 2 heteroatoms. The third-order valence-electron chi connectivity index (χ3n) is 4.84. The molecule has 118 valence electrons. The van der Waals surface area contributed by atoms with E-state index in [9.17, 15) is 0 Å². The summed E-state index contributed by atoms with van der Waals surface area (Å²) < 4.78 is 0. The van der Waals surface area contributed by atoms with Gasteiger partial charge in [-0.2, -0.15) is 0 Å². The van der Waals surface area contributed by atoms with Crippen molar-refractivity contribution in [3.8, 4) is 0 Å². The van der Waals surface area contributed by atoms with E-state index < -0.39 is 0 Å². The Kier molecular flexibility index (Phi) is 4.98. The van der Waals surface area contributed by atoms with Gasteiger partial charge >= 0.3 is 0 Å². The van der Waals surface area contributed by atoms with Crippen molar-refractivity contribution in [3.05, 3.63) is 29.3 Å². The normalized spacial score (nSPS) is 18.9. The van der Waals surface area contributed by atoms with E-state index in [0.717, 1.165) is 12.3 Å². The molecule has 1 atom stereocenters. The highest BCUT2D eigenvalue weighted by molar-refractivity contribution is 5.55. The van der Waals surface area contributed by atoms with E-state index in [0.29, 0.717) is 5.41 Å². The molecule has 21 heavy (non-hydrogen) atoms. The molecule has 0 spiro atoms. The number of aryl methyl sites for hydroxylation is 1. The Labute approximate surface area is 130 Å². The first-order valence-corrected chi connectivity index (χ1v) is 8.37. The minimum Gasteiger partial charge on any atom is -0.371 e. The maximum absolute atomic E-state index is 6.03. The number of hydrogen-bond acceptors (Lipinski definition) is 2. The molecule has 2 N–H and O–H groups in total. The topological polar surface area (TPSA) is 29.3 Å². The summed E-state index contributed by atoms with van der Waals surface area (Å²) in [6, 6.07) is 7.06. The van der Waals surface area contributed by atoms with Crippen LogP contribution < -0.4 is 10.6 Å². The van der Waals surface area contributed by atoms with Crippen LogP contribution in [0.2, 0.25) is 0 Å². The van der Waals surface area contributed by atoms with Gasteiger partial charge < -0.3 is 10.6 Å². The number of nitrogens with zero attached hydrogens (tertiary/aromatic N) is 1. The summed E-state index contributed by atoms with van der Waals surface area (Å²) in [5.41, 5.74) is 10.6. The fraction of sp³-hybridized carbons (Fsp3) is 0.684. The van der Waals surface area contributed by atoms with Gasteiger partial charge in [-0.15, -0.1) is 0 Å². The predicted molar refractivity (Wildman–Crippen MR) is 92.9 cm³/mol. The third-order valence-corrected chi connectivity index (χ3v) is 4.84. The Balaban J connectivity index is 2.13. The average Bonchev–Trinajstić information content (AvgIpc) is 2.37. The summed E-state index contributed by atoms with van der Waals surface area (Å²) in [4.78, 5) is 2.57. The molecule has 0 radical (unpaired) electrons. The Hall–Kier alpha value is -1.02. The van der Waals surface area contributed by atoms with E-state index in [-0.39, 0.29) is 6.04 Å². The first-order chi connectivity index (χ1) is 9.77. The van der Waals surface area contributed by atoms with Crippen LogP contribution in [0, 0.1) is 18.3 Å². The maximum Gasteiger partial charge on any atom is 0.0399 e. The third kappa shape index (κ3) is 4.23. The van der Waals surface area contributed by atoms with Crippen molar-refractivity contribution in [2.75, 3.05) is 18.0 Å². The first-order valence-electron chi connectivity index (χ1n) is 8.37. The zero-order valence-corrected chi connectivity index (χ0v) is 14.4. The summed E-state index contributed by atoms with van der Waals surface area (Å²) in [7, 11) is 0. The first kappa shape index (κ1) is 16.4. The molecule has 1 aliphatic rings. The van der Waals surface area contributed by atoms with Crippen molar-refractivity contribution >= 4 is 5.69 Å². The van der Waals surface area contributed by atoms with Gasteiger partial charge in [0.2, 0.25) is 0 Å². The Bertz CT molecular complexity index is 463. The Morgan fingerprint density at radius 3 is 2.38 bits per heavy atom. The van der Waals surface area contributed by atoms with Gasteiger partial charge in [0.05, 0.1) is 0 Å². The molecule has 1 aromatic carbocycles. The molecule has 0 saturated carbocycles. The lowest BCUT2D eigenvalue weighted by molar-refractivity contribution is 0.199. The van der Waals surface area contributed by atoms with Gasteiger partial charge in [-0.25, -0.2) is 0 Å². The second kappa shape index (κ2) is 6.39. The van der Waals surface area contributed by atoms with Gasteiger partial charge in [-0.05, 0) is 56.1 Å². The monoisotopic (exact) mass is 288 g/mol. The largest absolute Gasteiger partial charge is 0.371 e. The molecule has 2 rings (SSSR count). The van der Waals surface area contributed by atoms with Crippen molar-refractivity contribution in [1.29, 1.82) is 0 Å². The SMILES string of the molecule is Cc1ccc(N2CCC(C(C)(C)C)CC2)c(CC(C)N)c1. The van der Waals surface area contributed by atoms with E-state index in [4.69, 9.17) is 5.73 Å². The molecular formula is C19H32N2. The number of rotatable bonds is 3. The molecule has 1 fully saturated rings. The Morgan fingerprint density at radius 2 is 1.86 bits per heavy atom. The van der Waals surface area contributed by atoms with E-state index in [2.05, 4.69) is 57.7 Å². The van der Waals surface area contributed by atoms with Gasteiger partial charge in [0.1, 0.15) is 0 Å². The maximum atomic E-state index is 6.03. The molecular weight excluding hydrogens is 256 g/mol. The van der Waals surface area contributed by atoms with Crippen LogP contribution in [-0.4, -0.2) is 19.1 Å². The molecule has 1 aromatic rings. The lowest BCUT2D eigenvalue weighted by Crippen LogP contribution is -2.38. The molecule has 2 nitrogen and oxygen atoms in total. The molecule has 0 bridgehead atoms. The van der Waals surface area contributed by atoms with Gasteiger partial charge in [0, 0.05) is 24.8 Å². The van der Waals surface area contributed by atoms with Gasteiger partial charge in [0.25, 0.3) is 0 Å². The number of piperidine rings is 1. The molecule has 0 aliphatic carbocycles. The van der Waals surface area contributed by atoms with Crippen LogP contribution in [0.5, 0.6) is 0 Å². The fourth-order valence-corrected chi connectivity index (χ4v) is 3.52. The summed E-state index contributed by atoms with van der Waals surface area (Å²) in [5.74, 6) is 0.844. The molecule has 1 aliphatic heterocycles. The van der Waals surface area contributed by atoms with Crippen molar-refractivity contribution < 1.29 is 0 Å². The van der Waals surface area contributed by atoms with E-state index in [1.54, 1.807) is 0 Å². The second-order valence-electron chi connectivity index (χ2n) is 7.94. The van der Waals surface area contributed by atoms with E-state index >= 15 is 0 Å². The predicted octanol–water partition coefficient (Wildman–Crippen LogP) is 4.15. The molecule has 0 amide bonds. The van der Waals surface area contributed by atoms with Crippen molar-refractivity contribution in [2.24, 2.45) is 17.1 Å². The molecule has 1 heterocycles. The quantitative estimate of drug-likeness (QED) is 0.905. The van der Waals surface area contributed by atoms with E-state index in [1.165, 1.54) is 42.7 Å². The highest BCUT2D eigenvalue weighted by atomic mass is 15.1. The molecule has 0 aromatic heterocycles. The zero-order chi connectivity index (χ0) is 15.6. The fourth-order valence-electron chi connectivity index (χ4n) is 3.52. The van der Waals surface area contributed by atoms with Crippen LogP contribution in [-0.2, 0) is 6.42 Å². The summed E-state index contributed by atoms with van der Waals surface area (Å²) in [6.45, 7) is 13.7. The number of anilines is 1. The number of benzene rings is 1. The number of hydrogen-bond donors (Lipinski definition) is 1. The van der Waals surface area contributed by atoms with E-state index in [1.807, 2.05) is 0 Å². The van der Waals surface area contributed by atoms with Crippen molar-refractivity contribution in [3.63, 3.8) is 0 Å². The smallest absolute Gasteiger partial charge is 0.0399 e. The lowest BCUT2D eigenvalue weighted by Gasteiger charge is -2.40. The van der Waals surface area contributed by atoms with Crippen LogP contribution in [0.15, 0.2) is 18.2 Å². The highest BCUT2D eigenvalue weighted by Gasteiger charge is 2.29. The van der Waals surface area contributed by atoms with Crippen molar-refractivity contribution in [1.82, 2.24) is 0 Å². The summed E-state index contributed by atoms with van der Waals surface area (Å²) >= 11 is 0. The van der Waals surface area contributed by atoms with Crippen LogP contribution >= 0.6 is 0 Å². The Morgan fingerprint density at radius 1 is 1.24 bits per heavy atom. The molecule has 1 saturated heterocycles.